The molecule has 0 amide bonds. The van der Waals surface area contributed by atoms with E-state index >= 15 is 0 Å². The van der Waals surface area contributed by atoms with E-state index in [1.165, 1.54) is 17.8 Å². The monoisotopic (exact) mass is 263 g/mol. The molecule has 84 valence electrons. The molecule has 0 spiro atoms. The van der Waals surface area contributed by atoms with Gasteiger partial charge in [-0.25, -0.2) is 4.39 Å². The number of rotatable bonds is 2. The lowest BCUT2D eigenvalue weighted by Gasteiger charge is -2.05. The SMILES string of the molecule is N#Cc1c(Cl)cccc1Sc1ccccc1F. The lowest BCUT2D eigenvalue weighted by atomic mass is 10.2. The van der Waals surface area contributed by atoms with Crippen LogP contribution in [0, 0.1) is 17.1 Å². The Kier molecular flexibility index (Phi) is 3.68. The van der Waals surface area contributed by atoms with Gasteiger partial charge < -0.3 is 0 Å². The number of halogens is 2. The standard InChI is InChI=1S/C13H7ClFNS/c14-10-4-3-7-12(9(10)8-16)17-13-6-2-1-5-11(13)15/h1-7H. The summed E-state index contributed by atoms with van der Waals surface area (Å²) in [6, 6.07) is 13.6. The van der Waals surface area contributed by atoms with E-state index in [4.69, 9.17) is 16.9 Å². The molecule has 0 aliphatic heterocycles. The molecular weight excluding hydrogens is 257 g/mol. The average Bonchev–Trinajstić information content (AvgIpc) is 2.32. The van der Waals surface area contributed by atoms with Crippen molar-refractivity contribution in [2.45, 2.75) is 9.79 Å². The fraction of sp³-hybridized carbons (Fsp3) is 0. The fourth-order valence-corrected chi connectivity index (χ4v) is 2.57. The van der Waals surface area contributed by atoms with Crippen LogP contribution in [-0.2, 0) is 0 Å². The zero-order chi connectivity index (χ0) is 12.3. The van der Waals surface area contributed by atoms with Gasteiger partial charge in [-0.15, -0.1) is 0 Å². The lowest BCUT2D eigenvalue weighted by molar-refractivity contribution is 0.602. The summed E-state index contributed by atoms with van der Waals surface area (Å²) in [4.78, 5) is 1.14. The van der Waals surface area contributed by atoms with Crippen LogP contribution >= 0.6 is 23.4 Å². The minimum absolute atomic E-state index is 0.304. The average molecular weight is 264 g/mol. The van der Waals surface area contributed by atoms with E-state index in [0.717, 1.165) is 0 Å². The summed E-state index contributed by atoms with van der Waals surface area (Å²) in [6.45, 7) is 0. The molecule has 0 radical (unpaired) electrons. The Morgan fingerprint density at radius 1 is 1.06 bits per heavy atom. The first-order valence-electron chi connectivity index (χ1n) is 4.83. The van der Waals surface area contributed by atoms with Gasteiger partial charge in [-0.05, 0) is 24.3 Å². The third-order valence-electron chi connectivity index (χ3n) is 2.14. The van der Waals surface area contributed by atoms with Crippen molar-refractivity contribution in [2.24, 2.45) is 0 Å². The summed E-state index contributed by atoms with van der Waals surface area (Å²) in [7, 11) is 0. The molecule has 0 saturated heterocycles. The van der Waals surface area contributed by atoms with E-state index in [2.05, 4.69) is 0 Å². The van der Waals surface area contributed by atoms with Gasteiger partial charge in [-0.1, -0.05) is 41.6 Å². The molecule has 0 saturated carbocycles. The topological polar surface area (TPSA) is 23.8 Å². The summed E-state index contributed by atoms with van der Waals surface area (Å²) in [5.74, 6) is -0.304. The van der Waals surface area contributed by atoms with Gasteiger partial charge in [0, 0.05) is 9.79 Å². The number of hydrogen-bond donors (Lipinski definition) is 0. The van der Waals surface area contributed by atoms with Crippen molar-refractivity contribution in [2.75, 3.05) is 0 Å². The van der Waals surface area contributed by atoms with Crippen molar-refractivity contribution in [1.29, 1.82) is 5.26 Å². The Bertz CT molecular complexity index is 592. The Labute approximate surface area is 108 Å². The maximum atomic E-state index is 13.5. The highest BCUT2D eigenvalue weighted by Gasteiger charge is 2.09. The third-order valence-corrected chi connectivity index (χ3v) is 3.57. The Morgan fingerprint density at radius 2 is 1.76 bits per heavy atom. The van der Waals surface area contributed by atoms with E-state index in [1.54, 1.807) is 36.4 Å². The van der Waals surface area contributed by atoms with Crippen molar-refractivity contribution >= 4 is 23.4 Å². The summed E-state index contributed by atoms with van der Waals surface area (Å²) < 4.78 is 13.5. The molecule has 0 fully saturated rings. The van der Waals surface area contributed by atoms with Gasteiger partial charge >= 0.3 is 0 Å². The smallest absolute Gasteiger partial charge is 0.137 e. The van der Waals surface area contributed by atoms with Gasteiger partial charge in [0.15, 0.2) is 0 Å². The third kappa shape index (κ3) is 2.60. The van der Waals surface area contributed by atoms with Crippen molar-refractivity contribution in [1.82, 2.24) is 0 Å². The normalized spacial score (nSPS) is 9.94. The van der Waals surface area contributed by atoms with E-state index < -0.39 is 0 Å². The molecule has 0 bridgehead atoms. The quantitative estimate of drug-likeness (QED) is 0.796. The van der Waals surface area contributed by atoms with Crippen LogP contribution in [0.2, 0.25) is 5.02 Å². The van der Waals surface area contributed by atoms with Crippen LogP contribution < -0.4 is 0 Å². The van der Waals surface area contributed by atoms with E-state index in [0.29, 0.717) is 20.4 Å². The summed E-state index contributed by atoms with van der Waals surface area (Å²) in [5.41, 5.74) is 0.377. The molecule has 0 atom stereocenters. The van der Waals surface area contributed by atoms with Crippen LogP contribution in [-0.4, -0.2) is 0 Å². The van der Waals surface area contributed by atoms with Gasteiger partial charge in [-0.2, -0.15) is 5.26 Å². The van der Waals surface area contributed by atoms with E-state index in [9.17, 15) is 4.39 Å². The van der Waals surface area contributed by atoms with Crippen LogP contribution in [0.1, 0.15) is 5.56 Å². The van der Waals surface area contributed by atoms with Crippen LogP contribution in [0.25, 0.3) is 0 Å². The molecule has 2 rings (SSSR count). The molecule has 4 heteroatoms. The number of benzene rings is 2. The zero-order valence-corrected chi connectivity index (χ0v) is 10.2. The van der Waals surface area contributed by atoms with Crippen molar-refractivity contribution in [3.05, 3.63) is 58.9 Å². The molecule has 2 aromatic rings. The Hall–Kier alpha value is -1.50. The number of hydrogen-bond acceptors (Lipinski definition) is 2. The van der Waals surface area contributed by atoms with Crippen LogP contribution in [0.3, 0.4) is 0 Å². The van der Waals surface area contributed by atoms with Gasteiger partial charge in [-0.3, -0.25) is 0 Å². The van der Waals surface area contributed by atoms with Gasteiger partial charge in [0.1, 0.15) is 11.9 Å². The van der Waals surface area contributed by atoms with Crippen LogP contribution in [0.5, 0.6) is 0 Å². The molecular formula is C13H7ClFNS. The predicted octanol–water partition coefficient (Wildman–Crippen LogP) is 4.50. The largest absolute Gasteiger partial charge is 0.206 e. The van der Waals surface area contributed by atoms with Gasteiger partial charge in [0.25, 0.3) is 0 Å². The summed E-state index contributed by atoms with van der Waals surface area (Å²) in [5, 5.41) is 9.39. The number of nitriles is 1. The maximum absolute atomic E-state index is 13.5. The molecule has 0 N–H and O–H groups in total. The number of nitrogens with zero attached hydrogens (tertiary/aromatic N) is 1. The minimum atomic E-state index is -0.304. The predicted molar refractivity (Wildman–Crippen MR) is 66.7 cm³/mol. The highest BCUT2D eigenvalue weighted by molar-refractivity contribution is 7.99. The highest BCUT2D eigenvalue weighted by atomic mass is 35.5. The molecule has 0 aromatic heterocycles. The molecule has 0 aliphatic carbocycles. The molecule has 0 aliphatic rings. The fourth-order valence-electron chi connectivity index (χ4n) is 1.34. The first kappa shape index (κ1) is 12.0. The first-order valence-corrected chi connectivity index (χ1v) is 6.03. The molecule has 2 aromatic carbocycles. The first-order chi connectivity index (χ1) is 8.22. The Balaban J connectivity index is 2.41. The highest BCUT2D eigenvalue weighted by Crippen LogP contribution is 2.34. The van der Waals surface area contributed by atoms with E-state index in [1.807, 2.05) is 6.07 Å². The Morgan fingerprint density at radius 3 is 2.47 bits per heavy atom. The van der Waals surface area contributed by atoms with Crippen molar-refractivity contribution in [3.63, 3.8) is 0 Å². The van der Waals surface area contributed by atoms with Crippen LogP contribution in [0.15, 0.2) is 52.3 Å². The van der Waals surface area contributed by atoms with Gasteiger partial charge in [0.2, 0.25) is 0 Å². The molecule has 0 heterocycles. The second-order valence-electron chi connectivity index (χ2n) is 3.26. The van der Waals surface area contributed by atoms with E-state index in [-0.39, 0.29) is 5.82 Å². The summed E-state index contributed by atoms with van der Waals surface area (Å²) >= 11 is 7.10. The minimum Gasteiger partial charge on any atom is -0.206 e. The van der Waals surface area contributed by atoms with Crippen molar-refractivity contribution < 1.29 is 4.39 Å². The zero-order valence-electron chi connectivity index (χ0n) is 8.65. The summed E-state index contributed by atoms with van der Waals surface area (Å²) in [6.07, 6.45) is 0. The van der Waals surface area contributed by atoms with Gasteiger partial charge in [0.05, 0.1) is 10.6 Å². The lowest BCUT2D eigenvalue weighted by Crippen LogP contribution is -1.85. The molecule has 1 nitrogen and oxygen atoms in total. The second-order valence-corrected chi connectivity index (χ2v) is 4.75. The van der Waals surface area contributed by atoms with Crippen molar-refractivity contribution in [3.8, 4) is 6.07 Å². The second kappa shape index (κ2) is 5.22. The maximum Gasteiger partial charge on any atom is 0.137 e. The van der Waals surface area contributed by atoms with Crippen LogP contribution in [0.4, 0.5) is 4.39 Å². The molecule has 0 unspecified atom stereocenters. The molecule has 17 heavy (non-hydrogen) atoms.